The van der Waals surface area contributed by atoms with Crippen LogP contribution in [0.15, 0.2) is 24.5 Å². The minimum Gasteiger partial charge on any atom is -0.379 e. The summed E-state index contributed by atoms with van der Waals surface area (Å²) in [6.45, 7) is 4.30. The monoisotopic (exact) mass is 332 g/mol. The number of hydrogen-bond acceptors (Lipinski definition) is 4. The predicted octanol–water partition coefficient (Wildman–Crippen LogP) is 1.87. The zero-order valence-electron chi connectivity index (χ0n) is 14.5. The predicted molar refractivity (Wildman–Crippen MR) is 92.7 cm³/mol. The van der Waals surface area contributed by atoms with Gasteiger partial charge in [0, 0.05) is 52.2 Å². The molecule has 0 aromatic carbocycles. The summed E-state index contributed by atoms with van der Waals surface area (Å²) in [5, 5.41) is 3.19. The molecular formula is C18H28N4O2. The zero-order chi connectivity index (χ0) is 16.8. The summed E-state index contributed by atoms with van der Waals surface area (Å²) in [7, 11) is 1.74. The normalized spacial score (nSPS) is 25.5. The number of methoxy groups -OCH3 is 1. The topological polar surface area (TPSA) is 57.7 Å². The van der Waals surface area contributed by atoms with E-state index in [2.05, 4.69) is 15.2 Å². The third kappa shape index (κ3) is 4.45. The third-order valence-corrected chi connectivity index (χ3v) is 5.13. The number of hydrogen-bond donors (Lipinski definition) is 1. The van der Waals surface area contributed by atoms with Crippen LogP contribution < -0.4 is 5.32 Å². The molecule has 2 amide bonds. The van der Waals surface area contributed by atoms with Gasteiger partial charge < -0.3 is 15.0 Å². The fourth-order valence-electron chi connectivity index (χ4n) is 3.65. The fraction of sp³-hybridized carbons (Fsp3) is 0.667. The van der Waals surface area contributed by atoms with Crippen molar-refractivity contribution in [1.29, 1.82) is 0 Å². The van der Waals surface area contributed by atoms with Crippen molar-refractivity contribution < 1.29 is 9.53 Å². The zero-order valence-corrected chi connectivity index (χ0v) is 14.5. The van der Waals surface area contributed by atoms with E-state index < -0.39 is 0 Å². The highest BCUT2D eigenvalue weighted by atomic mass is 16.5. The molecule has 2 heterocycles. The minimum atomic E-state index is 0.0625. The molecule has 1 aromatic heterocycles. The molecule has 2 atom stereocenters. The number of nitrogens with zero attached hydrogens (tertiary/aromatic N) is 3. The summed E-state index contributed by atoms with van der Waals surface area (Å²) in [5.41, 5.74) is 1.27. The lowest BCUT2D eigenvalue weighted by Crippen LogP contribution is -2.55. The van der Waals surface area contributed by atoms with E-state index in [9.17, 15) is 4.79 Å². The van der Waals surface area contributed by atoms with Gasteiger partial charge in [-0.1, -0.05) is 12.8 Å². The molecule has 1 aromatic rings. The van der Waals surface area contributed by atoms with Crippen LogP contribution >= 0.6 is 0 Å². The van der Waals surface area contributed by atoms with Gasteiger partial charge in [0.15, 0.2) is 0 Å². The van der Waals surface area contributed by atoms with E-state index in [0.717, 1.165) is 45.6 Å². The van der Waals surface area contributed by atoms with Crippen LogP contribution in [0.5, 0.6) is 0 Å². The van der Waals surface area contributed by atoms with Crippen LogP contribution in [-0.2, 0) is 11.3 Å². The Hall–Kier alpha value is -1.66. The molecule has 1 N–H and O–H groups in total. The number of ether oxygens (including phenoxy) is 1. The molecule has 24 heavy (non-hydrogen) atoms. The lowest BCUT2D eigenvalue weighted by atomic mass is 9.92. The fourth-order valence-corrected chi connectivity index (χ4v) is 3.65. The Balaban J connectivity index is 1.45. The average molecular weight is 332 g/mol. The number of piperazine rings is 1. The molecule has 1 aliphatic heterocycles. The summed E-state index contributed by atoms with van der Waals surface area (Å²) in [4.78, 5) is 20.9. The maximum absolute atomic E-state index is 12.5. The van der Waals surface area contributed by atoms with Crippen molar-refractivity contribution in [1.82, 2.24) is 20.1 Å². The van der Waals surface area contributed by atoms with Crippen LogP contribution in [0.4, 0.5) is 4.79 Å². The van der Waals surface area contributed by atoms with Crippen LogP contribution in [0.25, 0.3) is 0 Å². The Morgan fingerprint density at radius 1 is 1.21 bits per heavy atom. The molecule has 6 heteroatoms. The standard InChI is InChI=1S/C18H28N4O2/c1-24-17-5-3-2-4-16(17)20-18(23)22-12-10-21(11-13-22)14-15-6-8-19-9-7-15/h6-9,16-17H,2-5,10-14H2,1H3,(H,20,23)/t16-,17+/m0/s1. The van der Waals surface area contributed by atoms with Gasteiger partial charge in [-0.05, 0) is 30.5 Å². The van der Waals surface area contributed by atoms with Gasteiger partial charge in [0.25, 0.3) is 0 Å². The van der Waals surface area contributed by atoms with Crippen molar-refractivity contribution in [2.75, 3.05) is 33.3 Å². The summed E-state index contributed by atoms with van der Waals surface area (Å²) in [5.74, 6) is 0. The first-order chi connectivity index (χ1) is 11.8. The van der Waals surface area contributed by atoms with Crippen LogP contribution in [0.2, 0.25) is 0 Å². The first-order valence-electron chi connectivity index (χ1n) is 8.96. The van der Waals surface area contributed by atoms with Gasteiger partial charge in [0.05, 0.1) is 12.1 Å². The van der Waals surface area contributed by atoms with Gasteiger partial charge in [-0.25, -0.2) is 4.79 Å². The quantitative estimate of drug-likeness (QED) is 0.914. The second-order valence-corrected chi connectivity index (χ2v) is 6.73. The number of carbonyl (C=O) groups is 1. The number of carbonyl (C=O) groups excluding carboxylic acids is 1. The van der Waals surface area contributed by atoms with Crippen molar-refractivity contribution in [3.63, 3.8) is 0 Å². The SMILES string of the molecule is CO[C@@H]1CCCC[C@@H]1NC(=O)N1CCN(Cc2ccncc2)CC1. The molecule has 0 bridgehead atoms. The van der Waals surface area contributed by atoms with Gasteiger partial charge in [-0.2, -0.15) is 0 Å². The number of aromatic nitrogens is 1. The van der Waals surface area contributed by atoms with E-state index in [-0.39, 0.29) is 18.2 Å². The molecule has 1 aliphatic carbocycles. The second-order valence-electron chi connectivity index (χ2n) is 6.73. The molecule has 2 aliphatic rings. The molecular weight excluding hydrogens is 304 g/mol. The molecule has 3 rings (SSSR count). The van der Waals surface area contributed by atoms with E-state index in [4.69, 9.17) is 4.74 Å². The van der Waals surface area contributed by atoms with E-state index >= 15 is 0 Å². The van der Waals surface area contributed by atoms with Crippen molar-refractivity contribution in [2.45, 2.75) is 44.4 Å². The summed E-state index contributed by atoms with van der Waals surface area (Å²) >= 11 is 0. The first kappa shape index (κ1) is 17.2. The van der Waals surface area contributed by atoms with Crippen LogP contribution in [0.1, 0.15) is 31.2 Å². The maximum atomic E-state index is 12.5. The molecule has 132 valence electrons. The van der Waals surface area contributed by atoms with E-state index in [0.29, 0.717) is 0 Å². The molecule has 0 unspecified atom stereocenters. The van der Waals surface area contributed by atoms with Gasteiger partial charge >= 0.3 is 6.03 Å². The van der Waals surface area contributed by atoms with Crippen LogP contribution in [0, 0.1) is 0 Å². The molecule has 1 saturated carbocycles. The second kappa shape index (κ2) is 8.44. The molecule has 1 saturated heterocycles. The van der Waals surface area contributed by atoms with Crippen LogP contribution in [-0.4, -0.2) is 66.2 Å². The van der Waals surface area contributed by atoms with E-state index in [1.807, 2.05) is 29.4 Å². The summed E-state index contributed by atoms with van der Waals surface area (Å²) < 4.78 is 5.53. The highest BCUT2D eigenvalue weighted by Gasteiger charge is 2.29. The molecule has 2 fully saturated rings. The molecule has 0 radical (unpaired) electrons. The van der Waals surface area contributed by atoms with Gasteiger partial charge in [0.2, 0.25) is 0 Å². The summed E-state index contributed by atoms with van der Waals surface area (Å²) in [6.07, 6.45) is 8.25. The van der Waals surface area contributed by atoms with E-state index in [1.54, 1.807) is 7.11 Å². The van der Waals surface area contributed by atoms with Crippen molar-refractivity contribution in [3.8, 4) is 0 Å². The van der Waals surface area contributed by atoms with Crippen molar-refractivity contribution in [2.24, 2.45) is 0 Å². The lowest BCUT2D eigenvalue weighted by Gasteiger charge is -2.37. The van der Waals surface area contributed by atoms with Crippen LogP contribution in [0.3, 0.4) is 0 Å². The van der Waals surface area contributed by atoms with E-state index in [1.165, 1.54) is 18.4 Å². The summed E-state index contributed by atoms with van der Waals surface area (Å²) in [6, 6.07) is 4.32. The Morgan fingerprint density at radius 3 is 2.62 bits per heavy atom. The number of amides is 2. The number of urea groups is 1. The van der Waals surface area contributed by atoms with Gasteiger partial charge in [-0.15, -0.1) is 0 Å². The minimum absolute atomic E-state index is 0.0625. The number of nitrogens with one attached hydrogen (secondary N) is 1. The number of rotatable bonds is 4. The smallest absolute Gasteiger partial charge is 0.317 e. The van der Waals surface area contributed by atoms with Crippen molar-refractivity contribution >= 4 is 6.03 Å². The first-order valence-corrected chi connectivity index (χ1v) is 8.96. The Bertz CT molecular complexity index is 517. The van der Waals surface area contributed by atoms with Gasteiger partial charge in [-0.3, -0.25) is 9.88 Å². The van der Waals surface area contributed by atoms with Crippen molar-refractivity contribution in [3.05, 3.63) is 30.1 Å². The molecule has 0 spiro atoms. The Kier molecular flexibility index (Phi) is 6.04. The molecule has 6 nitrogen and oxygen atoms in total. The highest BCUT2D eigenvalue weighted by molar-refractivity contribution is 5.74. The number of pyridine rings is 1. The lowest BCUT2D eigenvalue weighted by molar-refractivity contribution is 0.0416. The Labute approximate surface area is 144 Å². The maximum Gasteiger partial charge on any atom is 0.317 e. The average Bonchev–Trinajstić information content (AvgIpc) is 2.63. The largest absolute Gasteiger partial charge is 0.379 e. The highest BCUT2D eigenvalue weighted by Crippen LogP contribution is 2.21. The van der Waals surface area contributed by atoms with Gasteiger partial charge in [0.1, 0.15) is 0 Å². The Morgan fingerprint density at radius 2 is 1.92 bits per heavy atom. The third-order valence-electron chi connectivity index (χ3n) is 5.13.